The molecule has 2 aromatic carbocycles. The number of thiazole rings is 1. The molecule has 0 saturated carbocycles. The van der Waals surface area contributed by atoms with Crippen molar-refractivity contribution in [2.45, 2.75) is 13.3 Å². The monoisotopic (exact) mass is 357 g/mol. The molecule has 3 nitrogen and oxygen atoms in total. The highest BCUT2D eigenvalue weighted by Gasteiger charge is 2.17. The van der Waals surface area contributed by atoms with Gasteiger partial charge in [0.1, 0.15) is 5.01 Å². The van der Waals surface area contributed by atoms with Crippen molar-refractivity contribution in [1.82, 2.24) is 4.98 Å². The Kier molecular flexibility index (Phi) is 5.28. The van der Waals surface area contributed by atoms with Gasteiger partial charge in [0, 0.05) is 10.6 Å². The third kappa shape index (κ3) is 3.83. The van der Waals surface area contributed by atoms with Crippen LogP contribution in [0.3, 0.4) is 0 Å². The number of hydrogen-bond donors (Lipinski definition) is 0. The zero-order valence-corrected chi connectivity index (χ0v) is 14.7. The second-order valence-corrected chi connectivity index (χ2v) is 6.59. The highest BCUT2D eigenvalue weighted by molar-refractivity contribution is 7.18. The van der Waals surface area contributed by atoms with Crippen LogP contribution in [0.15, 0.2) is 54.6 Å². The van der Waals surface area contributed by atoms with Crippen molar-refractivity contribution < 1.29 is 9.53 Å². The van der Waals surface area contributed by atoms with Gasteiger partial charge in [-0.1, -0.05) is 54.1 Å². The minimum atomic E-state index is -0.261. The number of nitrogens with zero attached hydrogens (tertiary/aromatic N) is 1. The molecule has 1 aromatic heterocycles. The van der Waals surface area contributed by atoms with E-state index in [1.807, 2.05) is 54.6 Å². The molecule has 0 unspecified atom stereocenters. The molecule has 0 bridgehead atoms. The van der Waals surface area contributed by atoms with Crippen LogP contribution < -0.4 is 0 Å². The maximum absolute atomic E-state index is 11.9. The van der Waals surface area contributed by atoms with Crippen molar-refractivity contribution >= 4 is 28.9 Å². The fraction of sp³-hybridized carbons (Fsp3) is 0.158. The highest BCUT2D eigenvalue weighted by Crippen LogP contribution is 2.36. The van der Waals surface area contributed by atoms with Crippen molar-refractivity contribution in [3.8, 4) is 21.0 Å². The van der Waals surface area contributed by atoms with Gasteiger partial charge in [-0.05, 0) is 24.6 Å². The van der Waals surface area contributed by atoms with Gasteiger partial charge >= 0.3 is 5.97 Å². The fourth-order valence-electron chi connectivity index (χ4n) is 2.35. The molecule has 0 spiro atoms. The van der Waals surface area contributed by atoms with Gasteiger partial charge in [0.05, 0.1) is 23.6 Å². The predicted octanol–water partition coefficient (Wildman–Crippen LogP) is 5.24. The lowest BCUT2D eigenvalue weighted by molar-refractivity contribution is -0.142. The number of ether oxygens (including phenoxy) is 1. The van der Waals surface area contributed by atoms with Crippen LogP contribution in [0.5, 0.6) is 0 Å². The van der Waals surface area contributed by atoms with Crippen molar-refractivity contribution in [2.24, 2.45) is 0 Å². The van der Waals surface area contributed by atoms with Gasteiger partial charge in [-0.2, -0.15) is 0 Å². The summed E-state index contributed by atoms with van der Waals surface area (Å²) in [6.45, 7) is 2.17. The standard InChI is InChI=1S/C19H16ClNO2S/c1-2-23-17(22)12-16-18(13-6-4-3-5-7-13)24-19(21-16)14-8-10-15(20)11-9-14/h3-11H,2,12H2,1H3. The number of aromatic nitrogens is 1. The molecule has 1 heterocycles. The Labute approximate surface area is 149 Å². The first kappa shape index (κ1) is 16.7. The van der Waals surface area contributed by atoms with Gasteiger partial charge < -0.3 is 4.74 Å². The normalized spacial score (nSPS) is 10.6. The number of carbonyl (C=O) groups excluding carboxylic acids is 1. The lowest BCUT2D eigenvalue weighted by Crippen LogP contribution is -2.08. The van der Waals surface area contributed by atoms with Crippen molar-refractivity contribution in [3.05, 3.63) is 65.3 Å². The number of carbonyl (C=O) groups is 1. The van der Waals surface area contributed by atoms with Gasteiger partial charge in [-0.25, -0.2) is 4.98 Å². The first-order valence-corrected chi connectivity index (χ1v) is 8.83. The van der Waals surface area contributed by atoms with Crippen LogP contribution in [0, 0.1) is 0 Å². The average Bonchev–Trinajstić information content (AvgIpc) is 3.00. The molecule has 0 fully saturated rings. The Hall–Kier alpha value is -2.17. The average molecular weight is 358 g/mol. The van der Waals surface area contributed by atoms with Gasteiger partial charge in [0.2, 0.25) is 0 Å². The number of esters is 1. The molecule has 0 N–H and O–H groups in total. The Balaban J connectivity index is 2.01. The summed E-state index contributed by atoms with van der Waals surface area (Å²) in [6, 6.07) is 17.5. The number of rotatable bonds is 5. The van der Waals surface area contributed by atoms with E-state index in [2.05, 4.69) is 4.98 Å². The molecule has 0 aliphatic rings. The number of hydrogen-bond acceptors (Lipinski definition) is 4. The van der Waals surface area contributed by atoms with Crippen LogP contribution in [0.2, 0.25) is 5.02 Å². The molecule has 0 aliphatic heterocycles. The van der Waals surface area contributed by atoms with E-state index >= 15 is 0 Å². The molecule has 0 saturated heterocycles. The summed E-state index contributed by atoms with van der Waals surface area (Å²) < 4.78 is 5.08. The van der Waals surface area contributed by atoms with Crippen molar-refractivity contribution in [3.63, 3.8) is 0 Å². The molecule has 0 radical (unpaired) electrons. The zero-order valence-electron chi connectivity index (χ0n) is 13.2. The molecule has 5 heteroatoms. The van der Waals surface area contributed by atoms with Gasteiger partial charge in [-0.3, -0.25) is 4.79 Å². The quantitative estimate of drug-likeness (QED) is 0.586. The Bertz CT molecular complexity index is 828. The van der Waals surface area contributed by atoms with E-state index in [1.54, 1.807) is 18.3 Å². The Morgan fingerprint density at radius 2 is 1.79 bits per heavy atom. The topological polar surface area (TPSA) is 39.2 Å². The fourth-order valence-corrected chi connectivity index (χ4v) is 3.57. The molecule has 3 rings (SSSR count). The summed E-state index contributed by atoms with van der Waals surface area (Å²) in [5.74, 6) is -0.261. The Morgan fingerprint density at radius 1 is 1.08 bits per heavy atom. The van der Waals surface area contributed by atoms with E-state index in [1.165, 1.54) is 0 Å². The number of benzene rings is 2. The molecule has 0 amide bonds. The lowest BCUT2D eigenvalue weighted by atomic mass is 10.1. The largest absolute Gasteiger partial charge is 0.466 e. The van der Waals surface area contributed by atoms with Crippen molar-refractivity contribution in [2.75, 3.05) is 6.61 Å². The van der Waals surface area contributed by atoms with Crippen LogP contribution in [-0.4, -0.2) is 17.6 Å². The van der Waals surface area contributed by atoms with E-state index < -0.39 is 0 Å². The van der Waals surface area contributed by atoms with Crippen LogP contribution >= 0.6 is 22.9 Å². The second kappa shape index (κ2) is 7.60. The second-order valence-electron chi connectivity index (χ2n) is 5.15. The first-order chi connectivity index (χ1) is 11.7. The first-order valence-electron chi connectivity index (χ1n) is 7.64. The molecule has 0 atom stereocenters. The summed E-state index contributed by atoms with van der Waals surface area (Å²) in [5.41, 5.74) is 2.78. The third-order valence-corrected chi connectivity index (χ3v) is 4.89. The van der Waals surface area contributed by atoms with Gasteiger partial charge in [0.25, 0.3) is 0 Å². The maximum Gasteiger partial charge on any atom is 0.311 e. The van der Waals surface area contributed by atoms with Crippen molar-refractivity contribution in [1.29, 1.82) is 0 Å². The van der Waals surface area contributed by atoms with E-state index in [9.17, 15) is 4.79 Å². The molecule has 0 aliphatic carbocycles. The van der Waals surface area contributed by atoms with E-state index in [4.69, 9.17) is 16.3 Å². The summed E-state index contributed by atoms with van der Waals surface area (Å²) in [5, 5.41) is 1.55. The van der Waals surface area contributed by atoms with Crippen LogP contribution in [0.1, 0.15) is 12.6 Å². The molecule has 24 heavy (non-hydrogen) atoms. The molecule has 122 valence electrons. The molecular formula is C19H16ClNO2S. The summed E-state index contributed by atoms with van der Waals surface area (Å²) in [6.07, 6.45) is 0.169. The minimum absolute atomic E-state index is 0.169. The third-order valence-electron chi connectivity index (χ3n) is 3.44. The van der Waals surface area contributed by atoms with Gasteiger partial charge in [0.15, 0.2) is 0 Å². The smallest absolute Gasteiger partial charge is 0.311 e. The lowest BCUT2D eigenvalue weighted by Gasteiger charge is -2.02. The van der Waals surface area contributed by atoms with E-state index in [0.29, 0.717) is 11.6 Å². The zero-order chi connectivity index (χ0) is 16.9. The predicted molar refractivity (Wildman–Crippen MR) is 98.3 cm³/mol. The van der Waals surface area contributed by atoms with Crippen LogP contribution in [0.4, 0.5) is 0 Å². The summed E-state index contributed by atoms with van der Waals surface area (Å²) >= 11 is 7.53. The summed E-state index contributed by atoms with van der Waals surface area (Å²) in [7, 11) is 0. The highest BCUT2D eigenvalue weighted by atomic mass is 35.5. The summed E-state index contributed by atoms with van der Waals surface area (Å²) in [4.78, 5) is 17.6. The number of halogens is 1. The maximum atomic E-state index is 11.9. The SMILES string of the molecule is CCOC(=O)Cc1nc(-c2ccc(Cl)cc2)sc1-c1ccccc1. The molecule has 3 aromatic rings. The van der Waals surface area contributed by atoms with Crippen LogP contribution in [0.25, 0.3) is 21.0 Å². The van der Waals surface area contributed by atoms with E-state index in [0.717, 1.165) is 26.7 Å². The van der Waals surface area contributed by atoms with Crippen LogP contribution in [-0.2, 0) is 16.0 Å². The van der Waals surface area contributed by atoms with E-state index in [-0.39, 0.29) is 12.4 Å². The van der Waals surface area contributed by atoms with Gasteiger partial charge in [-0.15, -0.1) is 11.3 Å². The molecular weight excluding hydrogens is 342 g/mol. The minimum Gasteiger partial charge on any atom is -0.466 e. The Morgan fingerprint density at radius 3 is 2.46 bits per heavy atom.